The van der Waals surface area contributed by atoms with Crippen LogP contribution in [0.25, 0.3) is 0 Å². The Balaban J connectivity index is 0.00000338. The lowest BCUT2D eigenvalue weighted by atomic mass is 10.1. The van der Waals surface area contributed by atoms with Crippen LogP contribution in [-0.4, -0.2) is 62.1 Å². The Bertz CT molecular complexity index is 697. The van der Waals surface area contributed by atoms with Crippen molar-refractivity contribution in [1.29, 1.82) is 0 Å². The van der Waals surface area contributed by atoms with Crippen LogP contribution in [0.15, 0.2) is 4.99 Å². The maximum atomic E-state index is 11.9. The van der Waals surface area contributed by atoms with E-state index >= 15 is 0 Å². The molecule has 1 aromatic rings. The van der Waals surface area contributed by atoms with Gasteiger partial charge in [-0.3, -0.25) is 4.99 Å². The molecule has 150 valence electrons. The minimum atomic E-state index is -3.07. The molecule has 26 heavy (non-hydrogen) atoms. The zero-order valence-electron chi connectivity index (χ0n) is 15.9. The number of hydrogen-bond donors (Lipinski definition) is 2. The summed E-state index contributed by atoms with van der Waals surface area (Å²) in [6, 6.07) is 0.252. The van der Waals surface area contributed by atoms with Gasteiger partial charge in [0, 0.05) is 44.0 Å². The Labute approximate surface area is 178 Å². The summed E-state index contributed by atoms with van der Waals surface area (Å²) in [5.41, 5.74) is 1.11. The molecule has 7 nitrogen and oxygen atoms in total. The van der Waals surface area contributed by atoms with E-state index in [1.807, 2.05) is 13.8 Å². The monoisotopic (exact) mass is 515 g/mol. The van der Waals surface area contributed by atoms with Crippen molar-refractivity contribution in [3.63, 3.8) is 0 Å². The first kappa shape index (κ1) is 23.6. The molecule has 1 aliphatic rings. The maximum Gasteiger partial charge on any atom is 0.213 e. The topological polar surface area (TPSA) is 86.7 Å². The molecule has 0 radical (unpaired) electrons. The van der Waals surface area contributed by atoms with Gasteiger partial charge in [0.25, 0.3) is 0 Å². The van der Waals surface area contributed by atoms with Crippen LogP contribution in [0, 0.1) is 13.8 Å². The van der Waals surface area contributed by atoms with Gasteiger partial charge in [-0.05, 0) is 33.6 Å². The van der Waals surface area contributed by atoms with Crippen molar-refractivity contribution in [3.05, 3.63) is 15.6 Å². The summed E-state index contributed by atoms with van der Waals surface area (Å²) in [5, 5.41) is 7.85. The van der Waals surface area contributed by atoms with E-state index in [1.165, 1.54) is 4.88 Å². The van der Waals surface area contributed by atoms with Gasteiger partial charge in [0.1, 0.15) is 0 Å². The lowest BCUT2D eigenvalue weighted by Crippen LogP contribution is -2.50. The molecule has 2 rings (SSSR count). The van der Waals surface area contributed by atoms with E-state index in [1.54, 1.807) is 29.6 Å². The number of nitrogens with one attached hydrogen (secondary N) is 2. The van der Waals surface area contributed by atoms with Crippen LogP contribution in [0.1, 0.15) is 35.3 Å². The molecule has 1 aliphatic heterocycles. The molecule has 0 aliphatic carbocycles. The van der Waals surface area contributed by atoms with E-state index in [0.717, 1.165) is 42.5 Å². The number of aliphatic imine (C=N–C) groups is 1. The zero-order valence-corrected chi connectivity index (χ0v) is 19.9. The molecule has 0 atom stereocenters. The third kappa shape index (κ3) is 6.61. The van der Waals surface area contributed by atoms with Crippen molar-refractivity contribution in [3.8, 4) is 0 Å². The Morgan fingerprint density at radius 1 is 1.35 bits per heavy atom. The predicted molar refractivity (Wildman–Crippen MR) is 119 cm³/mol. The highest BCUT2D eigenvalue weighted by Gasteiger charge is 2.26. The first-order valence-electron chi connectivity index (χ1n) is 8.73. The van der Waals surface area contributed by atoms with Gasteiger partial charge >= 0.3 is 0 Å². The number of thiazole rings is 1. The highest BCUT2D eigenvalue weighted by molar-refractivity contribution is 14.0. The second kappa shape index (κ2) is 10.8. The van der Waals surface area contributed by atoms with Gasteiger partial charge in [-0.15, -0.1) is 35.3 Å². The smallest absolute Gasteiger partial charge is 0.213 e. The van der Waals surface area contributed by atoms with Gasteiger partial charge in [-0.1, -0.05) is 0 Å². The zero-order chi connectivity index (χ0) is 18.4. The fourth-order valence-corrected chi connectivity index (χ4v) is 5.02. The molecule has 0 aromatic carbocycles. The number of aromatic nitrogens is 1. The third-order valence-corrected chi connectivity index (χ3v) is 7.43. The summed E-state index contributed by atoms with van der Waals surface area (Å²) < 4.78 is 25.4. The summed E-state index contributed by atoms with van der Waals surface area (Å²) in [5.74, 6) is 0.945. The molecule has 0 amide bonds. The SMILES string of the molecule is CCS(=O)(=O)N1CCC(NC(=NC)NCCc2sc(C)nc2C)CC1.I. The van der Waals surface area contributed by atoms with Crippen LogP contribution < -0.4 is 10.6 Å². The van der Waals surface area contributed by atoms with E-state index in [9.17, 15) is 8.42 Å². The van der Waals surface area contributed by atoms with Crippen molar-refractivity contribution in [2.45, 2.75) is 46.1 Å². The number of piperidine rings is 1. The largest absolute Gasteiger partial charge is 0.356 e. The highest BCUT2D eigenvalue weighted by Crippen LogP contribution is 2.17. The van der Waals surface area contributed by atoms with Gasteiger partial charge in [-0.2, -0.15) is 0 Å². The fraction of sp³-hybridized carbons (Fsp3) is 0.750. The molecule has 0 bridgehead atoms. The molecule has 1 saturated heterocycles. The molecule has 2 heterocycles. The summed E-state index contributed by atoms with van der Waals surface area (Å²) in [7, 11) is -1.31. The van der Waals surface area contributed by atoms with Gasteiger partial charge in [0.05, 0.1) is 16.5 Å². The average molecular weight is 515 g/mol. The lowest BCUT2D eigenvalue weighted by molar-refractivity contribution is 0.306. The number of hydrogen-bond acceptors (Lipinski definition) is 5. The van der Waals surface area contributed by atoms with Gasteiger partial charge in [0.2, 0.25) is 10.0 Å². The Morgan fingerprint density at radius 2 is 2.00 bits per heavy atom. The van der Waals surface area contributed by atoms with Crippen molar-refractivity contribution < 1.29 is 8.42 Å². The summed E-state index contributed by atoms with van der Waals surface area (Å²) >= 11 is 1.74. The molecule has 0 saturated carbocycles. The number of rotatable bonds is 6. The van der Waals surface area contributed by atoms with E-state index in [4.69, 9.17) is 0 Å². The minimum absolute atomic E-state index is 0. The van der Waals surface area contributed by atoms with E-state index < -0.39 is 10.0 Å². The van der Waals surface area contributed by atoms with E-state index in [-0.39, 0.29) is 35.8 Å². The molecular formula is C16H30IN5O2S2. The first-order chi connectivity index (χ1) is 11.9. The summed E-state index contributed by atoms with van der Waals surface area (Å²) in [4.78, 5) is 10.0. The first-order valence-corrected chi connectivity index (χ1v) is 11.2. The standard InChI is InChI=1S/C16H29N5O2S2.HI/c1-5-25(22,23)21-10-7-14(8-11-21)20-16(17-4)18-9-6-15-12(2)19-13(3)24-15;/h14H,5-11H2,1-4H3,(H2,17,18,20);1H. The Morgan fingerprint density at radius 3 is 2.50 bits per heavy atom. The molecule has 1 aromatic heterocycles. The Kier molecular flexibility index (Phi) is 9.76. The van der Waals surface area contributed by atoms with Gasteiger partial charge in [-0.25, -0.2) is 17.7 Å². The number of guanidine groups is 1. The second-order valence-electron chi connectivity index (χ2n) is 6.21. The van der Waals surface area contributed by atoms with Crippen LogP contribution in [0.5, 0.6) is 0 Å². The normalized spacial score (nSPS) is 17.0. The van der Waals surface area contributed by atoms with Crippen molar-refractivity contribution in [2.24, 2.45) is 4.99 Å². The second-order valence-corrected chi connectivity index (χ2v) is 9.75. The molecule has 2 N–H and O–H groups in total. The molecule has 1 fully saturated rings. The number of halogens is 1. The van der Waals surface area contributed by atoms with Crippen LogP contribution >= 0.6 is 35.3 Å². The highest BCUT2D eigenvalue weighted by atomic mass is 127. The van der Waals surface area contributed by atoms with E-state index in [0.29, 0.717) is 13.1 Å². The van der Waals surface area contributed by atoms with Crippen LogP contribution in [0.4, 0.5) is 0 Å². The van der Waals surface area contributed by atoms with Gasteiger partial charge in [0.15, 0.2) is 5.96 Å². The van der Waals surface area contributed by atoms with Crippen molar-refractivity contribution >= 4 is 51.3 Å². The number of nitrogens with zero attached hydrogens (tertiary/aromatic N) is 3. The quantitative estimate of drug-likeness (QED) is 0.344. The fourth-order valence-electron chi connectivity index (χ4n) is 2.95. The molecule has 0 unspecified atom stereocenters. The Hall–Kier alpha value is -0.460. The van der Waals surface area contributed by atoms with E-state index in [2.05, 4.69) is 20.6 Å². The minimum Gasteiger partial charge on any atom is -0.356 e. The molecule has 10 heteroatoms. The predicted octanol–water partition coefficient (Wildman–Crippen LogP) is 1.90. The third-order valence-electron chi connectivity index (χ3n) is 4.42. The molecule has 0 spiro atoms. The summed E-state index contributed by atoms with van der Waals surface area (Å²) in [6.45, 7) is 7.71. The van der Waals surface area contributed by atoms with Crippen LogP contribution in [-0.2, 0) is 16.4 Å². The molecular weight excluding hydrogens is 485 g/mol. The van der Waals surface area contributed by atoms with Crippen LogP contribution in [0.2, 0.25) is 0 Å². The number of sulfonamides is 1. The van der Waals surface area contributed by atoms with Crippen molar-refractivity contribution in [2.75, 3.05) is 32.4 Å². The van der Waals surface area contributed by atoms with Crippen LogP contribution in [0.3, 0.4) is 0 Å². The average Bonchev–Trinajstić information content (AvgIpc) is 2.92. The summed E-state index contributed by atoms with van der Waals surface area (Å²) in [6.07, 6.45) is 2.52. The lowest BCUT2D eigenvalue weighted by Gasteiger charge is -2.32. The van der Waals surface area contributed by atoms with Gasteiger partial charge < -0.3 is 10.6 Å². The number of aryl methyl sites for hydroxylation is 2. The van der Waals surface area contributed by atoms with Crippen molar-refractivity contribution in [1.82, 2.24) is 19.9 Å². The maximum absolute atomic E-state index is 11.9.